The van der Waals surface area contributed by atoms with E-state index >= 15 is 0 Å². The summed E-state index contributed by atoms with van der Waals surface area (Å²) in [6, 6.07) is 13.4. The van der Waals surface area contributed by atoms with Crippen molar-refractivity contribution in [2.75, 3.05) is 5.32 Å². The van der Waals surface area contributed by atoms with E-state index in [9.17, 15) is 14.4 Å². The van der Waals surface area contributed by atoms with Crippen LogP contribution >= 0.6 is 15.9 Å². The Labute approximate surface area is 159 Å². The minimum atomic E-state index is -0.979. The molecular formula is C19H17BrN2O4. The van der Waals surface area contributed by atoms with Crippen LogP contribution < -0.4 is 11.1 Å². The summed E-state index contributed by atoms with van der Waals surface area (Å²) >= 11 is 3.33. The maximum atomic E-state index is 12.1. The normalized spacial score (nSPS) is 11.8. The Morgan fingerprint density at radius 1 is 1.08 bits per heavy atom. The lowest BCUT2D eigenvalue weighted by Gasteiger charge is -2.12. The molecule has 0 aliphatic carbocycles. The van der Waals surface area contributed by atoms with Gasteiger partial charge in [0.1, 0.15) is 0 Å². The van der Waals surface area contributed by atoms with Gasteiger partial charge in [-0.1, -0.05) is 28.1 Å². The minimum Gasteiger partial charge on any atom is -0.449 e. The van der Waals surface area contributed by atoms with Crippen molar-refractivity contribution in [2.45, 2.75) is 13.0 Å². The highest BCUT2D eigenvalue weighted by molar-refractivity contribution is 9.10. The maximum absolute atomic E-state index is 12.1. The van der Waals surface area contributed by atoms with Gasteiger partial charge >= 0.3 is 5.97 Å². The number of ether oxygens (including phenoxy) is 1. The molecule has 0 spiro atoms. The molecule has 6 nitrogen and oxygen atoms in total. The third kappa shape index (κ3) is 5.86. The summed E-state index contributed by atoms with van der Waals surface area (Å²) in [7, 11) is 0. The van der Waals surface area contributed by atoms with E-state index in [-0.39, 0.29) is 0 Å². The number of halogens is 1. The van der Waals surface area contributed by atoms with Crippen LogP contribution in [0.25, 0.3) is 6.08 Å². The number of esters is 1. The molecule has 1 atom stereocenters. The molecule has 0 radical (unpaired) electrons. The lowest BCUT2D eigenvalue weighted by Crippen LogP contribution is -2.29. The maximum Gasteiger partial charge on any atom is 0.331 e. The van der Waals surface area contributed by atoms with E-state index in [1.807, 2.05) is 24.3 Å². The van der Waals surface area contributed by atoms with Gasteiger partial charge in [0, 0.05) is 21.8 Å². The zero-order valence-corrected chi connectivity index (χ0v) is 15.5. The number of carbonyl (C=O) groups excluding carboxylic acids is 3. The molecule has 0 aliphatic heterocycles. The van der Waals surface area contributed by atoms with Crippen LogP contribution in [-0.4, -0.2) is 23.9 Å². The monoisotopic (exact) mass is 416 g/mol. The van der Waals surface area contributed by atoms with Gasteiger partial charge in [-0.25, -0.2) is 4.79 Å². The third-order valence-corrected chi connectivity index (χ3v) is 3.91. The Morgan fingerprint density at radius 2 is 1.69 bits per heavy atom. The number of nitrogens with two attached hydrogens (primary N) is 1. The lowest BCUT2D eigenvalue weighted by atomic mass is 10.2. The van der Waals surface area contributed by atoms with Crippen molar-refractivity contribution < 1.29 is 19.1 Å². The molecule has 134 valence electrons. The SMILES string of the molecule is CC(OC(=O)/C=C/c1ccc(Br)cc1)C(=O)Nc1ccc(C(N)=O)cc1. The topological polar surface area (TPSA) is 98.5 Å². The average Bonchev–Trinajstić information content (AvgIpc) is 2.61. The van der Waals surface area contributed by atoms with Crippen molar-refractivity contribution in [2.24, 2.45) is 5.73 Å². The number of anilines is 1. The predicted octanol–water partition coefficient (Wildman–Crippen LogP) is 3.13. The highest BCUT2D eigenvalue weighted by atomic mass is 79.9. The molecule has 2 amide bonds. The minimum absolute atomic E-state index is 0.334. The molecule has 0 fully saturated rings. The van der Waals surface area contributed by atoms with Crippen LogP contribution in [0.1, 0.15) is 22.8 Å². The summed E-state index contributed by atoms with van der Waals surface area (Å²) in [5, 5.41) is 2.60. The fraction of sp³-hybridized carbons (Fsp3) is 0.105. The Hall–Kier alpha value is -2.93. The standard InChI is InChI=1S/C19H17BrN2O4/c1-12(19(25)22-16-9-5-14(6-10-16)18(21)24)26-17(23)11-4-13-2-7-15(20)8-3-13/h2-12H,1H3,(H2,21,24)(H,22,25)/b11-4+. The van der Waals surface area contributed by atoms with Crippen LogP contribution in [0.2, 0.25) is 0 Å². The molecule has 0 heterocycles. The van der Waals surface area contributed by atoms with Crippen LogP contribution in [0.5, 0.6) is 0 Å². The predicted molar refractivity (Wildman–Crippen MR) is 102 cm³/mol. The zero-order valence-electron chi connectivity index (χ0n) is 13.9. The number of hydrogen-bond donors (Lipinski definition) is 2. The number of rotatable bonds is 6. The van der Waals surface area contributed by atoms with Crippen molar-refractivity contribution in [1.29, 1.82) is 0 Å². The Balaban J connectivity index is 1.88. The van der Waals surface area contributed by atoms with E-state index in [0.717, 1.165) is 10.0 Å². The summed E-state index contributed by atoms with van der Waals surface area (Å²) in [6.07, 6.45) is 1.88. The molecule has 2 aromatic rings. The summed E-state index contributed by atoms with van der Waals surface area (Å²) < 4.78 is 6.01. The zero-order chi connectivity index (χ0) is 19.1. The Morgan fingerprint density at radius 3 is 2.27 bits per heavy atom. The van der Waals surface area contributed by atoms with E-state index < -0.39 is 23.9 Å². The first kappa shape index (κ1) is 19.4. The van der Waals surface area contributed by atoms with Gasteiger partial charge in [0.2, 0.25) is 5.91 Å². The molecule has 7 heteroatoms. The molecule has 0 aromatic heterocycles. The smallest absolute Gasteiger partial charge is 0.331 e. The summed E-state index contributed by atoms with van der Waals surface area (Å²) in [5.74, 6) is -1.66. The quantitative estimate of drug-likeness (QED) is 0.557. The van der Waals surface area contributed by atoms with Gasteiger partial charge in [-0.15, -0.1) is 0 Å². The first-order valence-electron chi connectivity index (χ1n) is 7.70. The van der Waals surface area contributed by atoms with E-state index in [0.29, 0.717) is 11.3 Å². The highest BCUT2D eigenvalue weighted by Crippen LogP contribution is 2.12. The van der Waals surface area contributed by atoms with Gasteiger partial charge in [0.25, 0.3) is 5.91 Å². The second-order valence-electron chi connectivity index (χ2n) is 5.39. The molecular weight excluding hydrogens is 400 g/mol. The molecule has 0 saturated heterocycles. The van der Waals surface area contributed by atoms with Crippen molar-refractivity contribution >= 4 is 45.5 Å². The fourth-order valence-electron chi connectivity index (χ4n) is 1.97. The van der Waals surface area contributed by atoms with Crippen LogP contribution in [0, 0.1) is 0 Å². The Bertz CT molecular complexity index is 830. The fourth-order valence-corrected chi connectivity index (χ4v) is 2.23. The Kier molecular flexibility index (Phi) is 6.68. The van der Waals surface area contributed by atoms with Crippen molar-refractivity contribution in [1.82, 2.24) is 0 Å². The van der Waals surface area contributed by atoms with Gasteiger partial charge in [-0.3, -0.25) is 9.59 Å². The van der Waals surface area contributed by atoms with Crippen molar-refractivity contribution in [3.8, 4) is 0 Å². The van der Waals surface area contributed by atoms with E-state index in [1.165, 1.54) is 25.1 Å². The van der Waals surface area contributed by atoms with Crippen LogP contribution in [-0.2, 0) is 14.3 Å². The highest BCUT2D eigenvalue weighted by Gasteiger charge is 2.16. The second kappa shape index (κ2) is 8.96. The van der Waals surface area contributed by atoms with Gasteiger partial charge < -0.3 is 15.8 Å². The van der Waals surface area contributed by atoms with E-state index in [1.54, 1.807) is 18.2 Å². The number of carbonyl (C=O) groups is 3. The third-order valence-electron chi connectivity index (χ3n) is 3.38. The molecule has 3 N–H and O–H groups in total. The molecule has 0 saturated carbocycles. The molecule has 1 unspecified atom stereocenters. The van der Waals surface area contributed by atoms with E-state index in [2.05, 4.69) is 21.2 Å². The van der Waals surface area contributed by atoms with Crippen LogP contribution in [0.4, 0.5) is 5.69 Å². The lowest BCUT2D eigenvalue weighted by molar-refractivity contribution is -0.148. The van der Waals surface area contributed by atoms with Gasteiger partial charge in [-0.05, 0) is 55.0 Å². The number of nitrogens with one attached hydrogen (secondary N) is 1. The average molecular weight is 417 g/mol. The molecule has 0 aliphatic rings. The van der Waals surface area contributed by atoms with Gasteiger partial charge in [0.05, 0.1) is 0 Å². The number of amides is 2. The largest absolute Gasteiger partial charge is 0.449 e. The van der Waals surface area contributed by atoms with Crippen molar-refractivity contribution in [3.63, 3.8) is 0 Å². The van der Waals surface area contributed by atoms with E-state index in [4.69, 9.17) is 10.5 Å². The number of benzene rings is 2. The first-order chi connectivity index (χ1) is 12.3. The number of hydrogen-bond acceptors (Lipinski definition) is 4. The summed E-state index contributed by atoms with van der Waals surface area (Å²) in [5.41, 5.74) is 6.78. The van der Waals surface area contributed by atoms with Crippen molar-refractivity contribution in [3.05, 3.63) is 70.2 Å². The number of primary amides is 1. The molecule has 2 rings (SSSR count). The first-order valence-corrected chi connectivity index (χ1v) is 8.49. The van der Waals surface area contributed by atoms with Gasteiger partial charge in [0.15, 0.2) is 6.10 Å². The molecule has 0 bridgehead atoms. The molecule has 2 aromatic carbocycles. The van der Waals surface area contributed by atoms with Crippen LogP contribution in [0.3, 0.4) is 0 Å². The molecule has 26 heavy (non-hydrogen) atoms. The summed E-state index contributed by atoms with van der Waals surface area (Å²) in [6.45, 7) is 1.47. The van der Waals surface area contributed by atoms with Crippen LogP contribution in [0.15, 0.2) is 59.1 Å². The second-order valence-corrected chi connectivity index (χ2v) is 6.31. The summed E-state index contributed by atoms with van der Waals surface area (Å²) in [4.78, 5) is 34.9. The van der Waals surface area contributed by atoms with Gasteiger partial charge in [-0.2, -0.15) is 0 Å².